The summed E-state index contributed by atoms with van der Waals surface area (Å²) in [6.07, 6.45) is 0. The van der Waals surface area contributed by atoms with Gasteiger partial charge in [0, 0.05) is 10.9 Å². The Kier molecular flexibility index (Phi) is 4.81. The van der Waals surface area contributed by atoms with Crippen LogP contribution in [0.25, 0.3) is 11.3 Å². The van der Waals surface area contributed by atoms with Crippen molar-refractivity contribution in [1.29, 1.82) is 0 Å². The Labute approximate surface area is 149 Å². The van der Waals surface area contributed by atoms with E-state index in [1.165, 1.54) is 35.6 Å². The highest BCUT2D eigenvalue weighted by atomic mass is 32.1. The van der Waals surface area contributed by atoms with Crippen LogP contribution >= 0.6 is 11.3 Å². The van der Waals surface area contributed by atoms with Gasteiger partial charge in [0.2, 0.25) is 0 Å². The Bertz CT molecular complexity index is 861. The van der Waals surface area contributed by atoms with Crippen LogP contribution in [0.4, 0.5) is 9.52 Å². The first kappa shape index (κ1) is 17.1. The number of ether oxygens (including phenoxy) is 1. The molecule has 1 heterocycles. The largest absolute Gasteiger partial charge is 0.478 e. The predicted molar refractivity (Wildman–Crippen MR) is 97.3 cm³/mol. The molecule has 1 N–H and O–H groups in total. The third-order valence-corrected chi connectivity index (χ3v) is 4.29. The lowest BCUT2D eigenvalue weighted by Gasteiger charge is -2.24. The molecule has 4 nitrogen and oxygen atoms in total. The Morgan fingerprint density at radius 2 is 1.80 bits per heavy atom. The van der Waals surface area contributed by atoms with Crippen molar-refractivity contribution >= 4 is 22.4 Å². The van der Waals surface area contributed by atoms with E-state index in [1.54, 1.807) is 13.8 Å². The molecule has 25 heavy (non-hydrogen) atoms. The fourth-order valence-corrected chi connectivity index (χ4v) is 2.88. The molecule has 0 aliphatic heterocycles. The molecule has 0 saturated heterocycles. The number of carbonyl (C=O) groups is 1. The summed E-state index contributed by atoms with van der Waals surface area (Å²) in [6.45, 7) is 3.30. The summed E-state index contributed by atoms with van der Waals surface area (Å²) in [5.74, 6) is -0.262. The molecule has 0 bridgehead atoms. The van der Waals surface area contributed by atoms with Crippen molar-refractivity contribution in [3.05, 3.63) is 65.8 Å². The van der Waals surface area contributed by atoms with Gasteiger partial charge in [-0.1, -0.05) is 30.3 Å². The second-order valence-electron chi connectivity index (χ2n) is 5.92. The summed E-state index contributed by atoms with van der Waals surface area (Å²) < 4.78 is 18.6. The number of carbonyl (C=O) groups excluding carboxylic acids is 1. The summed E-state index contributed by atoms with van der Waals surface area (Å²) >= 11 is 1.35. The van der Waals surface area contributed by atoms with Crippen LogP contribution in [-0.4, -0.2) is 16.5 Å². The van der Waals surface area contributed by atoms with E-state index in [9.17, 15) is 9.18 Å². The van der Waals surface area contributed by atoms with Crippen LogP contribution in [-0.2, 0) is 4.79 Å². The highest BCUT2D eigenvalue weighted by Crippen LogP contribution is 2.26. The fourth-order valence-electron chi connectivity index (χ4n) is 2.16. The highest BCUT2D eigenvalue weighted by Gasteiger charge is 2.30. The second kappa shape index (κ2) is 7.03. The van der Waals surface area contributed by atoms with Gasteiger partial charge in [0.15, 0.2) is 10.7 Å². The summed E-state index contributed by atoms with van der Waals surface area (Å²) in [5, 5.41) is 5.16. The first-order valence-electron chi connectivity index (χ1n) is 7.71. The number of hydrogen-bond donors (Lipinski definition) is 1. The zero-order valence-electron chi connectivity index (χ0n) is 13.8. The highest BCUT2D eigenvalue weighted by molar-refractivity contribution is 7.14. The summed E-state index contributed by atoms with van der Waals surface area (Å²) in [4.78, 5) is 16.9. The fraction of sp³-hybridized carbons (Fsp3) is 0.158. The standard InChI is InChI=1S/C19H17FN2O2S/c1-19(2,24-15-10-8-14(20)9-11-15)17(23)22-18-21-16(12-25-18)13-6-4-3-5-7-13/h3-12H,1-2H3,(H,21,22,23). The molecule has 0 radical (unpaired) electrons. The third-order valence-electron chi connectivity index (χ3n) is 3.53. The molecule has 0 fully saturated rings. The van der Waals surface area contributed by atoms with E-state index in [0.29, 0.717) is 10.9 Å². The molecule has 0 aliphatic rings. The van der Waals surface area contributed by atoms with E-state index in [2.05, 4.69) is 10.3 Å². The van der Waals surface area contributed by atoms with Crippen molar-refractivity contribution in [2.45, 2.75) is 19.4 Å². The Morgan fingerprint density at radius 1 is 1.12 bits per heavy atom. The number of thiazole rings is 1. The zero-order valence-corrected chi connectivity index (χ0v) is 14.6. The summed E-state index contributed by atoms with van der Waals surface area (Å²) in [7, 11) is 0. The number of benzene rings is 2. The number of aromatic nitrogens is 1. The Hall–Kier alpha value is -2.73. The smallest absolute Gasteiger partial charge is 0.269 e. The average Bonchev–Trinajstić information content (AvgIpc) is 3.06. The minimum Gasteiger partial charge on any atom is -0.478 e. The van der Waals surface area contributed by atoms with Crippen LogP contribution in [0.5, 0.6) is 5.75 Å². The van der Waals surface area contributed by atoms with Gasteiger partial charge in [-0.25, -0.2) is 9.37 Å². The number of rotatable bonds is 5. The van der Waals surface area contributed by atoms with Gasteiger partial charge in [0.05, 0.1) is 5.69 Å². The van der Waals surface area contributed by atoms with Crippen molar-refractivity contribution in [2.24, 2.45) is 0 Å². The third kappa shape index (κ3) is 4.22. The van der Waals surface area contributed by atoms with Gasteiger partial charge in [-0.2, -0.15) is 0 Å². The van der Waals surface area contributed by atoms with Crippen LogP contribution < -0.4 is 10.1 Å². The first-order chi connectivity index (χ1) is 11.9. The van der Waals surface area contributed by atoms with E-state index in [0.717, 1.165) is 11.3 Å². The number of amides is 1. The van der Waals surface area contributed by atoms with Crippen molar-refractivity contribution in [2.75, 3.05) is 5.32 Å². The quantitative estimate of drug-likeness (QED) is 0.718. The number of nitrogens with one attached hydrogen (secondary N) is 1. The van der Waals surface area contributed by atoms with Gasteiger partial charge in [-0.15, -0.1) is 11.3 Å². The van der Waals surface area contributed by atoms with Crippen molar-refractivity contribution in [1.82, 2.24) is 4.98 Å². The first-order valence-corrected chi connectivity index (χ1v) is 8.59. The number of nitrogens with zero attached hydrogens (tertiary/aromatic N) is 1. The Balaban J connectivity index is 1.68. The van der Waals surface area contributed by atoms with Crippen LogP contribution in [0.15, 0.2) is 60.0 Å². The maximum absolute atomic E-state index is 13.0. The second-order valence-corrected chi connectivity index (χ2v) is 6.78. The van der Waals surface area contributed by atoms with Gasteiger partial charge < -0.3 is 4.74 Å². The van der Waals surface area contributed by atoms with Crippen LogP contribution in [0.3, 0.4) is 0 Å². The minimum absolute atomic E-state index is 0.328. The van der Waals surface area contributed by atoms with E-state index >= 15 is 0 Å². The Morgan fingerprint density at radius 3 is 2.48 bits per heavy atom. The molecule has 2 aromatic carbocycles. The van der Waals surface area contributed by atoms with Crippen LogP contribution in [0.2, 0.25) is 0 Å². The minimum atomic E-state index is -1.13. The molecule has 3 aromatic rings. The molecule has 0 atom stereocenters. The molecule has 3 rings (SSSR count). The van der Waals surface area contributed by atoms with E-state index in [-0.39, 0.29) is 11.7 Å². The van der Waals surface area contributed by atoms with Crippen molar-refractivity contribution in [3.63, 3.8) is 0 Å². The normalized spacial score (nSPS) is 11.2. The summed E-state index contributed by atoms with van der Waals surface area (Å²) in [6, 6.07) is 15.3. The molecule has 0 spiro atoms. The molecule has 0 unspecified atom stereocenters. The lowest BCUT2D eigenvalue weighted by Crippen LogP contribution is -2.42. The van der Waals surface area contributed by atoms with E-state index in [1.807, 2.05) is 35.7 Å². The van der Waals surface area contributed by atoms with Gasteiger partial charge in [0.25, 0.3) is 5.91 Å². The van der Waals surface area contributed by atoms with Gasteiger partial charge in [-0.05, 0) is 38.1 Å². The van der Waals surface area contributed by atoms with Crippen molar-refractivity contribution in [3.8, 4) is 17.0 Å². The topological polar surface area (TPSA) is 51.2 Å². The monoisotopic (exact) mass is 356 g/mol. The molecular weight excluding hydrogens is 339 g/mol. The molecule has 1 aromatic heterocycles. The average molecular weight is 356 g/mol. The predicted octanol–water partition coefficient (Wildman–Crippen LogP) is 4.75. The summed E-state index contributed by atoms with van der Waals surface area (Å²) in [5.41, 5.74) is 0.662. The molecule has 128 valence electrons. The number of halogens is 1. The van der Waals surface area contributed by atoms with Gasteiger partial charge in [-0.3, -0.25) is 10.1 Å². The van der Waals surface area contributed by atoms with Gasteiger partial charge in [0.1, 0.15) is 11.6 Å². The number of hydrogen-bond acceptors (Lipinski definition) is 4. The molecule has 1 amide bonds. The SMILES string of the molecule is CC(C)(Oc1ccc(F)cc1)C(=O)Nc1nc(-c2ccccc2)cs1. The molecule has 0 saturated carbocycles. The molecule has 0 aliphatic carbocycles. The van der Waals surface area contributed by atoms with E-state index in [4.69, 9.17) is 4.74 Å². The maximum Gasteiger partial charge on any atom is 0.269 e. The molecule has 6 heteroatoms. The van der Waals surface area contributed by atoms with Crippen LogP contribution in [0.1, 0.15) is 13.8 Å². The van der Waals surface area contributed by atoms with Gasteiger partial charge >= 0.3 is 0 Å². The number of anilines is 1. The van der Waals surface area contributed by atoms with E-state index < -0.39 is 5.60 Å². The lowest BCUT2D eigenvalue weighted by molar-refractivity contribution is -0.128. The maximum atomic E-state index is 13.0. The van der Waals surface area contributed by atoms with Crippen molar-refractivity contribution < 1.29 is 13.9 Å². The molecular formula is C19H17FN2O2S. The van der Waals surface area contributed by atoms with Crippen LogP contribution in [0, 0.1) is 5.82 Å². The lowest BCUT2D eigenvalue weighted by atomic mass is 10.1. The zero-order chi connectivity index (χ0) is 17.9.